The molecule has 1 N–H and O–H groups in total. The van der Waals surface area contributed by atoms with E-state index in [0.29, 0.717) is 11.3 Å². The minimum absolute atomic E-state index is 0.0693. The Bertz CT molecular complexity index is 1060. The van der Waals surface area contributed by atoms with Gasteiger partial charge in [0.2, 0.25) is 0 Å². The molecule has 27 heavy (non-hydrogen) atoms. The number of anilines is 1. The lowest BCUT2D eigenvalue weighted by molar-refractivity contribution is -0.137. The van der Waals surface area contributed by atoms with E-state index in [0.717, 1.165) is 23.1 Å². The lowest BCUT2D eigenvalue weighted by atomic mass is 10.1. The van der Waals surface area contributed by atoms with Gasteiger partial charge in [-0.15, -0.1) is 0 Å². The van der Waals surface area contributed by atoms with Gasteiger partial charge in [-0.05, 0) is 42.8 Å². The van der Waals surface area contributed by atoms with Gasteiger partial charge in [-0.3, -0.25) is 4.79 Å². The van der Waals surface area contributed by atoms with Gasteiger partial charge in [-0.1, -0.05) is 6.07 Å². The second-order valence-electron chi connectivity index (χ2n) is 5.82. The molecule has 0 aliphatic carbocycles. The largest absolute Gasteiger partial charge is 0.484 e. The Morgan fingerprint density at radius 1 is 1.15 bits per heavy atom. The fourth-order valence-corrected chi connectivity index (χ4v) is 2.51. The maximum atomic E-state index is 12.7. The highest BCUT2D eigenvalue weighted by Crippen LogP contribution is 2.31. The predicted molar refractivity (Wildman–Crippen MR) is 92.8 cm³/mol. The van der Waals surface area contributed by atoms with Crippen molar-refractivity contribution in [1.82, 2.24) is 0 Å². The lowest BCUT2D eigenvalue weighted by Crippen LogP contribution is -2.20. The van der Waals surface area contributed by atoms with Crippen LogP contribution in [-0.4, -0.2) is 12.5 Å². The van der Waals surface area contributed by atoms with Crippen LogP contribution in [-0.2, 0) is 11.0 Å². The van der Waals surface area contributed by atoms with Crippen molar-refractivity contribution >= 4 is 22.6 Å². The van der Waals surface area contributed by atoms with Gasteiger partial charge >= 0.3 is 11.8 Å². The number of carbonyl (C=O) groups excluding carboxylic acids is 1. The highest BCUT2D eigenvalue weighted by molar-refractivity contribution is 5.94. The van der Waals surface area contributed by atoms with E-state index in [2.05, 4.69) is 5.32 Å². The van der Waals surface area contributed by atoms with E-state index in [1.54, 1.807) is 19.1 Å². The summed E-state index contributed by atoms with van der Waals surface area (Å²) in [4.78, 5) is 23.4. The number of ether oxygens (including phenoxy) is 1. The number of hydrogen-bond donors (Lipinski definition) is 1. The first-order valence-electron chi connectivity index (χ1n) is 7.87. The summed E-state index contributed by atoms with van der Waals surface area (Å²) in [5.41, 5.74) is 0.0641. The molecule has 140 valence electrons. The third kappa shape index (κ3) is 4.46. The first-order valence-corrected chi connectivity index (χ1v) is 7.87. The Balaban J connectivity index is 1.68. The van der Waals surface area contributed by atoms with Gasteiger partial charge in [0.05, 0.1) is 5.56 Å². The normalized spacial score (nSPS) is 11.4. The second kappa shape index (κ2) is 7.14. The van der Waals surface area contributed by atoms with Gasteiger partial charge in [-0.2, -0.15) is 13.2 Å². The average molecular weight is 377 g/mol. The van der Waals surface area contributed by atoms with E-state index in [-0.39, 0.29) is 5.75 Å². The molecule has 5 nitrogen and oxygen atoms in total. The zero-order valence-corrected chi connectivity index (χ0v) is 14.1. The molecule has 0 aliphatic rings. The average Bonchev–Trinajstić information content (AvgIpc) is 2.59. The summed E-state index contributed by atoms with van der Waals surface area (Å²) in [6, 6.07) is 10.4. The van der Waals surface area contributed by atoms with E-state index in [4.69, 9.17) is 9.15 Å². The molecule has 0 unspecified atom stereocenters. The summed E-state index contributed by atoms with van der Waals surface area (Å²) < 4.78 is 48.2. The van der Waals surface area contributed by atoms with Crippen molar-refractivity contribution in [3.63, 3.8) is 0 Å². The first kappa shape index (κ1) is 18.5. The second-order valence-corrected chi connectivity index (χ2v) is 5.82. The van der Waals surface area contributed by atoms with Crippen LogP contribution in [0.15, 0.2) is 57.7 Å². The smallest absolute Gasteiger partial charge is 0.416 e. The summed E-state index contributed by atoms with van der Waals surface area (Å²) in [6.45, 7) is 1.29. The van der Waals surface area contributed by atoms with E-state index in [9.17, 15) is 22.8 Å². The number of aryl methyl sites for hydroxylation is 1. The van der Waals surface area contributed by atoms with Gasteiger partial charge in [0, 0.05) is 23.2 Å². The number of carbonyl (C=O) groups is 1. The van der Waals surface area contributed by atoms with Crippen molar-refractivity contribution in [3.05, 3.63) is 70.1 Å². The number of fused-ring (bicyclic) bond motifs is 1. The molecule has 2 aromatic carbocycles. The minimum atomic E-state index is -4.49. The molecule has 0 bridgehead atoms. The molecule has 0 aliphatic heterocycles. The zero-order valence-electron chi connectivity index (χ0n) is 14.1. The predicted octanol–water partition coefficient (Wildman–Crippen LogP) is 4.14. The van der Waals surface area contributed by atoms with Crippen molar-refractivity contribution in [2.75, 3.05) is 11.9 Å². The zero-order chi connectivity index (χ0) is 19.6. The van der Waals surface area contributed by atoms with Crippen LogP contribution in [0.3, 0.4) is 0 Å². The molecule has 0 saturated heterocycles. The minimum Gasteiger partial charge on any atom is -0.484 e. The Hall–Kier alpha value is -3.29. The van der Waals surface area contributed by atoms with E-state index < -0.39 is 29.9 Å². The van der Waals surface area contributed by atoms with E-state index in [1.165, 1.54) is 24.3 Å². The highest BCUT2D eigenvalue weighted by Gasteiger charge is 2.30. The van der Waals surface area contributed by atoms with Gasteiger partial charge in [-0.25, -0.2) is 4.79 Å². The van der Waals surface area contributed by atoms with Crippen molar-refractivity contribution in [1.29, 1.82) is 0 Å². The van der Waals surface area contributed by atoms with Gasteiger partial charge in [0.1, 0.15) is 11.3 Å². The SMILES string of the molecule is Cc1cc(=O)oc2cc(NC(=O)COc3cccc(C(F)(F)F)c3)ccc12. The topological polar surface area (TPSA) is 68.5 Å². The number of benzene rings is 2. The Morgan fingerprint density at radius 2 is 1.93 bits per heavy atom. The van der Waals surface area contributed by atoms with Crippen LogP contribution in [0.1, 0.15) is 11.1 Å². The van der Waals surface area contributed by atoms with Crippen molar-refractivity contribution in [2.45, 2.75) is 13.1 Å². The summed E-state index contributed by atoms with van der Waals surface area (Å²) in [7, 11) is 0. The summed E-state index contributed by atoms with van der Waals surface area (Å²) in [6.07, 6.45) is -4.49. The molecular weight excluding hydrogens is 363 g/mol. The molecule has 0 saturated carbocycles. The van der Waals surface area contributed by atoms with Crippen molar-refractivity contribution in [2.24, 2.45) is 0 Å². The molecule has 0 radical (unpaired) electrons. The quantitative estimate of drug-likeness (QED) is 0.694. The number of amides is 1. The third-order valence-corrected chi connectivity index (χ3v) is 3.77. The highest BCUT2D eigenvalue weighted by atomic mass is 19.4. The number of hydrogen-bond acceptors (Lipinski definition) is 4. The fourth-order valence-electron chi connectivity index (χ4n) is 2.51. The number of halogens is 3. The van der Waals surface area contributed by atoms with E-state index >= 15 is 0 Å². The number of alkyl halides is 3. The fraction of sp³-hybridized carbons (Fsp3) is 0.158. The standard InChI is InChI=1S/C19H14F3NO4/c1-11-7-18(25)27-16-9-13(5-6-15(11)16)23-17(24)10-26-14-4-2-3-12(8-14)19(20,21)22/h2-9H,10H2,1H3,(H,23,24). The summed E-state index contributed by atoms with van der Waals surface area (Å²) in [5.74, 6) is -0.637. The molecule has 8 heteroatoms. The molecule has 0 spiro atoms. The monoisotopic (exact) mass is 377 g/mol. The molecule has 3 rings (SSSR count). The third-order valence-electron chi connectivity index (χ3n) is 3.77. The van der Waals surface area contributed by atoms with Crippen LogP contribution in [0.5, 0.6) is 5.75 Å². The number of rotatable bonds is 4. The molecule has 1 aromatic heterocycles. The van der Waals surface area contributed by atoms with Crippen LogP contribution in [0.25, 0.3) is 11.0 Å². The molecular formula is C19H14F3NO4. The first-order chi connectivity index (χ1) is 12.7. The van der Waals surface area contributed by atoms with Crippen LogP contribution in [0, 0.1) is 6.92 Å². The van der Waals surface area contributed by atoms with Crippen molar-refractivity contribution in [3.8, 4) is 5.75 Å². The molecule has 1 amide bonds. The maximum Gasteiger partial charge on any atom is 0.416 e. The van der Waals surface area contributed by atoms with Crippen LogP contribution in [0.4, 0.5) is 18.9 Å². The number of nitrogens with one attached hydrogen (secondary N) is 1. The van der Waals surface area contributed by atoms with Crippen molar-refractivity contribution < 1.29 is 27.1 Å². The van der Waals surface area contributed by atoms with Gasteiger partial charge in [0.25, 0.3) is 5.91 Å². The molecule has 3 aromatic rings. The van der Waals surface area contributed by atoms with Gasteiger partial charge < -0.3 is 14.5 Å². The van der Waals surface area contributed by atoms with Crippen LogP contribution < -0.4 is 15.7 Å². The molecule has 1 heterocycles. The van der Waals surface area contributed by atoms with Crippen LogP contribution >= 0.6 is 0 Å². The van der Waals surface area contributed by atoms with Crippen LogP contribution in [0.2, 0.25) is 0 Å². The Morgan fingerprint density at radius 3 is 2.67 bits per heavy atom. The maximum absolute atomic E-state index is 12.7. The van der Waals surface area contributed by atoms with Gasteiger partial charge in [0.15, 0.2) is 6.61 Å². The lowest BCUT2D eigenvalue weighted by Gasteiger charge is -2.11. The molecule has 0 atom stereocenters. The summed E-state index contributed by atoms with van der Waals surface area (Å²) >= 11 is 0. The van der Waals surface area contributed by atoms with E-state index in [1.807, 2.05) is 0 Å². The Kier molecular flexibility index (Phi) is 4.89. The summed E-state index contributed by atoms with van der Waals surface area (Å²) in [5, 5.41) is 3.27. The Labute approximate surface area is 151 Å². The molecule has 0 fully saturated rings.